The molecule has 1 saturated heterocycles. The lowest BCUT2D eigenvalue weighted by Crippen LogP contribution is -2.43. The van der Waals surface area contributed by atoms with Crippen LogP contribution in [0.4, 0.5) is 5.69 Å². The molecule has 0 unspecified atom stereocenters. The molecule has 4 rings (SSSR count). The molecule has 1 aromatic heterocycles. The first-order valence-electron chi connectivity index (χ1n) is 9.36. The van der Waals surface area contributed by atoms with Gasteiger partial charge in [0.25, 0.3) is 0 Å². The second-order valence-corrected chi connectivity index (χ2v) is 7.29. The molecule has 2 amide bonds. The highest BCUT2D eigenvalue weighted by Crippen LogP contribution is 2.36. The van der Waals surface area contributed by atoms with Gasteiger partial charge in [-0.15, -0.1) is 0 Å². The summed E-state index contributed by atoms with van der Waals surface area (Å²) in [5.41, 5.74) is 1.56. The Morgan fingerprint density at radius 3 is 2.85 bits per heavy atom. The van der Waals surface area contributed by atoms with E-state index in [0.29, 0.717) is 17.4 Å². The number of ether oxygens (including phenoxy) is 1. The Morgan fingerprint density at radius 2 is 2.15 bits per heavy atom. The van der Waals surface area contributed by atoms with Crippen LogP contribution in [0.2, 0.25) is 0 Å². The molecule has 1 aromatic carbocycles. The van der Waals surface area contributed by atoms with Gasteiger partial charge in [0.05, 0.1) is 19.4 Å². The van der Waals surface area contributed by atoms with E-state index in [9.17, 15) is 9.59 Å². The van der Waals surface area contributed by atoms with Crippen molar-refractivity contribution < 1.29 is 14.3 Å². The summed E-state index contributed by atoms with van der Waals surface area (Å²) in [6, 6.07) is 5.47. The van der Waals surface area contributed by atoms with Crippen LogP contribution in [0.25, 0.3) is 0 Å². The number of anilines is 1. The molecular weight excluding hydrogens is 344 g/mol. The average molecular weight is 368 g/mol. The highest BCUT2D eigenvalue weighted by Gasteiger charge is 2.35. The van der Waals surface area contributed by atoms with Crippen LogP contribution in [0.1, 0.15) is 30.7 Å². The van der Waals surface area contributed by atoms with E-state index in [1.165, 1.54) is 0 Å². The van der Waals surface area contributed by atoms with E-state index >= 15 is 0 Å². The Balaban J connectivity index is 1.45. The molecule has 7 nitrogen and oxygen atoms in total. The van der Waals surface area contributed by atoms with E-state index in [1.807, 2.05) is 29.6 Å². The van der Waals surface area contributed by atoms with E-state index < -0.39 is 5.92 Å². The van der Waals surface area contributed by atoms with Crippen LogP contribution in [0.15, 0.2) is 36.9 Å². The zero-order chi connectivity index (χ0) is 18.8. The van der Waals surface area contributed by atoms with E-state index in [2.05, 4.69) is 14.9 Å². The number of fused-ring (bicyclic) bond motifs is 1. The number of nitrogens with zero attached hydrogens (tertiary/aromatic N) is 3. The SMILES string of the molecule is COc1ccc2c(c1)[C@@H](C(=O)N1CCC(Cn3ccnc3)CC1)CC(=O)N2. The topological polar surface area (TPSA) is 76.5 Å². The Labute approximate surface area is 158 Å². The predicted molar refractivity (Wildman–Crippen MR) is 101 cm³/mol. The maximum Gasteiger partial charge on any atom is 0.230 e. The van der Waals surface area contributed by atoms with Crippen molar-refractivity contribution in [2.75, 3.05) is 25.5 Å². The fourth-order valence-electron chi connectivity index (χ4n) is 4.04. The predicted octanol–water partition coefficient (Wildman–Crippen LogP) is 2.26. The number of hydrogen-bond acceptors (Lipinski definition) is 4. The van der Waals surface area contributed by atoms with Gasteiger partial charge in [0, 0.05) is 44.1 Å². The molecule has 3 heterocycles. The molecule has 0 spiro atoms. The Morgan fingerprint density at radius 1 is 1.33 bits per heavy atom. The summed E-state index contributed by atoms with van der Waals surface area (Å²) >= 11 is 0. The van der Waals surface area contributed by atoms with Gasteiger partial charge in [0.2, 0.25) is 11.8 Å². The number of benzene rings is 1. The minimum absolute atomic E-state index is 0.0421. The highest BCUT2D eigenvalue weighted by molar-refractivity contribution is 6.01. The number of imidazole rings is 1. The van der Waals surface area contributed by atoms with Crippen LogP contribution in [0.3, 0.4) is 0 Å². The van der Waals surface area contributed by atoms with Gasteiger partial charge in [-0.05, 0) is 42.5 Å². The molecule has 0 bridgehead atoms. The van der Waals surface area contributed by atoms with Crippen molar-refractivity contribution in [1.82, 2.24) is 14.5 Å². The summed E-state index contributed by atoms with van der Waals surface area (Å²) < 4.78 is 7.39. The maximum absolute atomic E-state index is 13.2. The number of hydrogen-bond donors (Lipinski definition) is 1. The highest BCUT2D eigenvalue weighted by atomic mass is 16.5. The average Bonchev–Trinajstić information content (AvgIpc) is 3.20. The first-order valence-corrected chi connectivity index (χ1v) is 9.36. The lowest BCUT2D eigenvalue weighted by atomic mass is 9.87. The van der Waals surface area contributed by atoms with Crippen molar-refractivity contribution >= 4 is 17.5 Å². The molecule has 2 aliphatic heterocycles. The molecule has 27 heavy (non-hydrogen) atoms. The third-order valence-electron chi connectivity index (χ3n) is 5.55. The number of methoxy groups -OCH3 is 1. The summed E-state index contributed by atoms with van der Waals surface area (Å²) in [5.74, 6) is 0.738. The number of nitrogens with one attached hydrogen (secondary N) is 1. The van der Waals surface area contributed by atoms with Crippen molar-refractivity contribution in [3.63, 3.8) is 0 Å². The van der Waals surface area contributed by atoms with Crippen LogP contribution < -0.4 is 10.1 Å². The summed E-state index contributed by atoms with van der Waals surface area (Å²) in [5, 5.41) is 2.86. The third-order valence-corrected chi connectivity index (χ3v) is 5.55. The van der Waals surface area contributed by atoms with E-state index in [-0.39, 0.29) is 18.2 Å². The monoisotopic (exact) mass is 368 g/mol. The lowest BCUT2D eigenvalue weighted by Gasteiger charge is -2.35. The standard InChI is InChI=1S/C20H24N4O3/c1-27-15-2-3-18-16(10-15)17(11-19(25)22-18)20(26)24-7-4-14(5-8-24)12-23-9-6-21-13-23/h2-3,6,9-10,13-14,17H,4-5,7-8,11-12H2,1H3,(H,22,25)/t17-/m0/s1. The molecule has 2 aromatic rings. The van der Waals surface area contributed by atoms with Crippen LogP contribution >= 0.6 is 0 Å². The molecule has 7 heteroatoms. The van der Waals surface area contributed by atoms with Crippen molar-refractivity contribution in [2.24, 2.45) is 5.92 Å². The molecule has 2 aliphatic rings. The second kappa shape index (κ2) is 7.42. The summed E-state index contributed by atoms with van der Waals surface area (Å²) in [7, 11) is 1.60. The number of likely N-dealkylation sites (tertiary alicyclic amines) is 1. The first-order chi connectivity index (χ1) is 13.1. The fraction of sp³-hybridized carbons (Fsp3) is 0.450. The largest absolute Gasteiger partial charge is 0.497 e. The van der Waals surface area contributed by atoms with Crippen LogP contribution in [0, 0.1) is 5.92 Å². The molecule has 0 radical (unpaired) electrons. The minimum atomic E-state index is -0.436. The van der Waals surface area contributed by atoms with Gasteiger partial charge in [-0.3, -0.25) is 9.59 Å². The maximum atomic E-state index is 13.2. The van der Waals surface area contributed by atoms with E-state index in [1.54, 1.807) is 19.4 Å². The van der Waals surface area contributed by atoms with Gasteiger partial charge in [-0.2, -0.15) is 0 Å². The third kappa shape index (κ3) is 3.67. The van der Waals surface area contributed by atoms with Crippen LogP contribution in [-0.4, -0.2) is 46.5 Å². The van der Waals surface area contributed by atoms with E-state index in [0.717, 1.165) is 38.0 Å². The molecule has 1 atom stereocenters. The van der Waals surface area contributed by atoms with Crippen LogP contribution in [0.5, 0.6) is 5.75 Å². The number of amides is 2. The van der Waals surface area contributed by atoms with Crippen molar-refractivity contribution in [3.05, 3.63) is 42.5 Å². The smallest absolute Gasteiger partial charge is 0.230 e. The van der Waals surface area contributed by atoms with Gasteiger partial charge in [-0.25, -0.2) is 4.98 Å². The van der Waals surface area contributed by atoms with Gasteiger partial charge in [0.15, 0.2) is 0 Å². The van der Waals surface area contributed by atoms with Gasteiger partial charge < -0.3 is 19.5 Å². The normalized spacial score (nSPS) is 20.1. The lowest BCUT2D eigenvalue weighted by molar-refractivity contribution is -0.136. The van der Waals surface area contributed by atoms with Gasteiger partial charge in [0.1, 0.15) is 5.75 Å². The van der Waals surface area contributed by atoms with Gasteiger partial charge in [-0.1, -0.05) is 0 Å². The van der Waals surface area contributed by atoms with E-state index in [4.69, 9.17) is 4.74 Å². The number of carbonyl (C=O) groups is 2. The zero-order valence-corrected chi connectivity index (χ0v) is 15.4. The number of rotatable bonds is 4. The summed E-state index contributed by atoms with van der Waals surface area (Å²) in [6.45, 7) is 2.40. The zero-order valence-electron chi connectivity index (χ0n) is 15.4. The summed E-state index contributed by atoms with van der Waals surface area (Å²) in [6.07, 6.45) is 7.72. The Kier molecular flexibility index (Phi) is 4.83. The minimum Gasteiger partial charge on any atom is -0.497 e. The summed E-state index contributed by atoms with van der Waals surface area (Å²) in [4.78, 5) is 31.3. The molecule has 1 N–H and O–H groups in total. The number of aromatic nitrogens is 2. The number of carbonyl (C=O) groups excluding carboxylic acids is 2. The molecule has 0 saturated carbocycles. The van der Waals surface area contributed by atoms with Crippen molar-refractivity contribution in [1.29, 1.82) is 0 Å². The molecule has 0 aliphatic carbocycles. The molecule has 142 valence electrons. The van der Waals surface area contributed by atoms with Crippen molar-refractivity contribution in [2.45, 2.75) is 31.7 Å². The number of piperidine rings is 1. The Bertz CT molecular complexity index is 826. The Hall–Kier alpha value is -2.83. The van der Waals surface area contributed by atoms with Crippen molar-refractivity contribution in [3.8, 4) is 5.75 Å². The van der Waals surface area contributed by atoms with Crippen LogP contribution in [-0.2, 0) is 16.1 Å². The van der Waals surface area contributed by atoms with Gasteiger partial charge >= 0.3 is 0 Å². The second-order valence-electron chi connectivity index (χ2n) is 7.29. The first kappa shape index (κ1) is 17.6. The molecule has 1 fully saturated rings. The molecular formula is C20H24N4O3. The fourth-order valence-corrected chi connectivity index (χ4v) is 4.04. The quantitative estimate of drug-likeness (QED) is 0.898.